The molecule has 9 rings (SSSR count). The molecule has 61 heavy (non-hydrogen) atoms. The molecule has 6 aromatic carbocycles. The van der Waals surface area contributed by atoms with Crippen molar-refractivity contribution >= 4 is 78.8 Å². The first-order chi connectivity index (χ1) is 29.5. The van der Waals surface area contributed by atoms with Crippen LogP contribution in [0.25, 0.3) is 32.3 Å². The average Bonchev–Trinajstić information content (AvgIpc) is 4.04. The fourth-order valence-corrected chi connectivity index (χ4v) is 5.98. The highest BCUT2D eigenvalue weighted by molar-refractivity contribution is 6.08. The molecule has 20 heteroatoms. The topological polar surface area (TPSA) is 289 Å². The number of aromatic amines is 3. The van der Waals surface area contributed by atoms with E-state index in [1.807, 2.05) is 73.7 Å². The zero-order valence-electron chi connectivity index (χ0n) is 32.9. The summed E-state index contributed by atoms with van der Waals surface area (Å²) in [5.41, 5.74) is 2.65. The van der Waals surface area contributed by atoms with Crippen LogP contribution in [-0.2, 0) is 4.79 Å². The van der Waals surface area contributed by atoms with E-state index in [2.05, 4.69) is 81.5 Å². The van der Waals surface area contributed by atoms with E-state index >= 15 is 0 Å². The van der Waals surface area contributed by atoms with Crippen LogP contribution < -0.4 is 5.32 Å². The summed E-state index contributed by atoms with van der Waals surface area (Å²) < 4.78 is 0. The maximum absolute atomic E-state index is 11.4. The molecule has 0 fully saturated rings. The minimum Gasteiger partial charge on any atom is -0.506 e. The smallest absolute Gasteiger partial charge is 0.287 e. The Balaban J connectivity index is 0.000000139. The van der Waals surface area contributed by atoms with Crippen LogP contribution in [0.1, 0.15) is 24.1 Å². The third kappa shape index (κ3) is 9.67. The molecule has 9 aromatic rings. The molecule has 0 saturated heterocycles. The van der Waals surface area contributed by atoms with Crippen LogP contribution in [0.15, 0.2) is 134 Å². The Morgan fingerprint density at radius 1 is 0.623 bits per heavy atom. The summed E-state index contributed by atoms with van der Waals surface area (Å²) in [6, 6.07) is 29.2. The Hall–Kier alpha value is -8.81. The lowest BCUT2D eigenvalue weighted by Crippen LogP contribution is -2.06. The van der Waals surface area contributed by atoms with E-state index in [1.54, 1.807) is 38.1 Å². The summed E-state index contributed by atoms with van der Waals surface area (Å²) in [6.07, 6.45) is 1.35. The molecule has 1 amide bonds. The van der Waals surface area contributed by atoms with Crippen molar-refractivity contribution in [3.8, 4) is 17.2 Å². The van der Waals surface area contributed by atoms with Crippen LogP contribution >= 0.6 is 0 Å². The van der Waals surface area contributed by atoms with Crippen molar-refractivity contribution < 1.29 is 20.1 Å². The number of anilines is 1. The lowest BCUT2D eigenvalue weighted by Gasteiger charge is -2.10. The van der Waals surface area contributed by atoms with E-state index in [4.69, 9.17) is 0 Å². The van der Waals surface area contributed by atoms with E-state index in [-0.39, 0.29) is 40.7 Å². The van der Waals surface area contributed by atoms with Crippen LogP contribution in [-0.4, -0.2) is 66.8 Å². The molecular weight excluding hydrogens is 781 g/mol. The van der Waals surface area contributed by atoms with Gasteiger partial charge in [-0.3, -0.25) is 15.0 Å². The number of fused-ring (bicyclic) bond motifs is 3. The van der Waals surface area contributed by atoms with Gasteiger partial charge in [-0.1, -0.05) is 72.8 Å². The van der Waals surface area contributed by atoms with Crippen LogP contribution in [0.4, 0.5) is 40.6 Å². The number of amides is 1. The van der Waals surface area contributed by atoms with E-state index < -0.39 is 0 Å². The highest BCUT2D eigenvalue weighted by Gasteiger charge is 2.13. The van der Waals surface area contributed by atoms with Gasteiger partial charge in [-0.05, 0) is 66.8 Å². The quantitative estimate of drug-likeness (QED) is 0.0746. The molecule has 3 heterocycles. The summed E-state index contributed by atoms with van der Waals surface area (Å²) >= 11 is 0. The van der Waals surface area contributed by atoms with Crippen molar-refractivity contribution in [1.82, 2.24) is 45.5 Å². The molecule has 20 nitrogen and oxygen atoms in total. The summed E-state index contributed by atoms with van der Waals surface area (Å²) in [5.74, 6) is 1.90. The number of aromatic nitrogens is 9. The van der Waals surface area contributed by atoms with E-state index in [1.165, 1.54) is 19.3 Å². The van der Waals surface area contributed by atoms with Gasteiger partial charge >= 0.3 is 0 Å². The number of aromatic hydroxyl groups is 3. The maximum atomic E-state index is 11.4. The largest absolute Gasteiger partial charge is 0.506 e. The number of carbonyl (C=O) groups is 1. The number of H-pyrrole nitrogens is 3. The first-order valence-corrected chi connectivity index (χ1v) is 18.4. The first-order valence-electron chi connectivity index (χ1n) is 18.4. The fraction of sp³-hybridized carbons (Fsp3) is 0.0976. The van der Waals surface area contributed by atoms with Crippen LogP contribution in [0.3, 0.4) is 0 Å². The fourth-order valence-electron chi connectivity index (χ4n) is 5.98. The predicted molar refractivity (Wildman–Crippen MR) is 227 cm³/mol. The number of phenolic OH excluding ortho intramolecular Hbond substituents is 3. The number of nitrogens with one attached hydrogen (secondary N) is 4. The SMILES string of the molecule is CC(=O)Nc1cccc2ccc(O)c(N=Nc3n[nH]c(C)n3)c12.Cc1cc(N=Nc2ncn[nH]2)c(O)c2ccccc12.Cc1nc(N=Nc2c(O)ccc3ccccc23)n[nH]1. The highest BCUT2D eigenvalue weighted by Crippen LogP contribution is 2.41. The normalized spacial score (nSPS) is 11.3. The lowest BCUT2D eigenvalue weighted by atomic mass is 10.0. The number of carbonyl (C=O) groups excluding carboxylic acids is 1. The molecule has 0 aliphatic carbocycles. The molecule has 0 unspecified atom stereocenters. The summed E-state index contributed by atoms with van der Waals surface area (Å²) in [6.45, 7) is 6.91. The van der Waals surface area contributed by atoms with Crippen molar-refractivity contribution in [1.29, 1.82) is 0 Å². The monoisotopic (exact) mass is 816 g/mol. The lowest BCUT2D eigenvalue weighted by molar-refractivity contribution is -0.114. The molecule has 0 saturated carbocycles. The zero-order valence-corrected chi connectivity index (χ0v) is 32.9. The Morgan fingerprint density at radius 2 is 1.23 bits per heavy atom. The van der Waals surface area contributed by atoms with Gasteiger partial charge in [0.15, 0.2) is 5.75 Å². The van der Waals surface area contributed by atoms with Crippen LogP contribution in [0.5, 0.6) is 17.2 Å². The molecule has 0 radical (unpaired) electrons. The van der Waals surface area contributed by atoms with Gasteiger partial charge in [0, 0.05) is 23.1 Å². The van der Waals surface area contributed by atoms with Crippen molar-refractivity contribution in [3.63, 3.8) is 0 Å². The van der Waals surface area contributed by atoms with Gasteiger partial charge in [0.25, 0.3) is 17.8 Å². The maximum Gasteiger partial charge on any atom is 0.287 e. The molecule has 0 spiro atoms. The number of azo groups is 3. The molecular formula is C41H36N16O4. The standard InChI is InChI=1S/C15H14N6O2.2C13H11N5O/c1-8-16-15(20-18-8)21-19-14-12(23)7-6-10-4-3-5-11(13(10)14)17-9(2)22;1-8-6-11(16-18-13-14-7-15-17-13)12(19)10-5-3-2-4-9(8)10;1-8-14-13(17-15-8)18-16-12-10-5-3-2-4-9(10)6-7-11(12)19/h3-7,23H,1-2H3,(H,17,22)(H,16,18,20);2*2-7,19H,1H3,(H,14,15,17). The minimum absolute atomic E-state index is 0.0497. The molecule has 0 bridgehead atoms. The highest BCUT2D eigenvalue weighted by atomic mass is 16.3. The Bertz CT molecular complexity index is 3080. The Morgan fingerprint density at radius 3 is 1.87 bits per heavy atom. The number of hydrogen-bond acceptors (Lipinski definition) is 16. The predicted octanol–water partition coefficient (Wildman–Crippen LogP) is 10.1. The molecule has 0 atom stereocenters. The second-order valence-corrected chi connectivity index (χ2v) is 13.1. The van der Waals surface area contributed by atoms with Gasteiger partial charge in [-0.2, -0.15) is 20.1 Å². The van der Waals surface area contributed by atoms with Crippen LogP contribution in [0.2, 0.25) is 0 Å². The molecule has 7 N–H and O–H groups in total. The molecule has 3 aromatic heterocycles. The summed E-state index contributed by atoms with van der Waals surface area (Å²) in [4.78, 5) is 23.3. The molecule has 0 aliphatic rings. The van der Waals surface area contributed by atoms with E-state index in [0.717, 1.165) is 32.5 Å². The Kier molecular flexibility index (Phi) is 12.0. The van der Waals surface area contributed by atoms with Crippen molar-refractivity contribution in [2.24, 2.45) is 30.7 Å². The van der Waals surface area contributed by atoms with E-state index in [0.29, 0.717) is 40.0 Å². The third-order valence-electron chi connectivity index (χ3n) is 8.69. The first kappa shape index (κ1) is 40.4. The molecule has 0 aliphatic heterocycles. The van der Waals surface area contributed by atoms with Crippen molar-refractivity contribution in [2.75, 3.05) is 5.32 Å². The zero-order chi connectivity index (χ0) is 42.9. The van der Waals surface area contributed by atoms with Gasteiger partial charge in [-0.15, -0.1) is 40.9 Å². The summed E-state index contributed by atoms with van der Waals surface area (Å²) in [5, 5.41) is 81.1. The van der Waals surface area contributed by atoms with Crippen LogP contribution in [0, 0.1) is 20.8 Å². The van der Waals surface area contributed by atoms with Crippen molar-refractivity contribution in [2.45, 2.75) is 27.7 Å². The van der Waals surface area contributed by atoms with Gasteiger partial charge in [0.2, 0.25) is 5.91 Å². The molecule has 304 valence electrons. The second kappa shape index (κ2) is 18.2. The van der Waals surface area contributed by atoms with E-state index in [9.17, 15) is 20.1 Å². The number of aryl methyl sites for hydroxylation is 3. The van der Waals surface area contributed by atoms with Gasteiger partial charge in [-0.25, -0.2) is 5.10 Å². The number of nitrogens with zero attached hydrogens (tertiary/aromatic N) is 12. The average molecular weight is 817 g/mol. The number of phenols is 3. The van der Waals surface area contributed by atoms with Crippen molar-refractivity contribution in [3.05, 3.63) is 121 Å². The summed E-state index contributed by atoms with van der Waals surface area (Å²) in [7, 11) is 0. The van der Waals surface area contributed by atoms with Gasteiger partial charge in [0.05, 0.1) is 5.69 Å². The second-order valence-electron chi connectivity index (χ2n) is 13.1. The Labute approximate surface area is 345 Å². The van der Waals surface area contributed by atoms with Gasteiger partial charge in [0.1, 0.15) is 46.5 Å². The minimum atomic E-state index is -0.215. The number of hydrogen-bond donors (Lipinski definition) is 7. The van der Waals surface area contributed by atoms with Gasteiger partial charge < -0.3 is 20.6 Å². The number of rotatable bonds is 7. The third-order valence-corrected chi connectivity index (χ3v) is 8.69. The number of benzene rings is 6.